The third-order valence-corrected chi connectivity index (χ3v) is 4.55. The largest absolute Gasteiger partial charge is 0.313 e. The van der Waals surface area contributed by atoms with Crippen LogP contribution in [0.3, 0.4) is 0 Å². The van der Waals surface area contributed by atoms with Gasteiger partial charge in [-0.05, 0) is 49.9 Å². The second-order valence-corrected chi connectivity index (χ2v) is 6.40. The van der Waals surface area contributed by atoms with Gasteiger partial charge in [-0.25, -0.2) is 8.78 Å². The fourth-order valence-corrected chi connectivity index (χ4v) is 3.39. The van der Waals surface area contributed by atoms with Crippen molar-refractivity contribution in [2.24, 2.45) is 0 Å². The molecule has 0 aliphatic rings. The van der Waals surface area contributed by atoms with E-state index in [0.29, 0.717) is 4.90 Å². The minimum atomic E-state index is -0.826. The van der Waals surface area contributed by atoms with Gasteiger partial charge >= 0.3 is 0 Å². The molecule has 106 valence electrons. The summed E-state index contributed by atoms with van der Waals surface area (Å²) in [4.78, 5) is 1.68. The first-order valence-electron chi connectivity index (χ1n) is 6.11. The van der Waals surface area contributed by atoms with Crippen LogP contribution in [0.5, 0.6) is 0 Å². The van der Waals surface area contributed by atoms with Crippen LogP contribution in [-0.4, -0.2) is 7.05 Å². The summed E-state index contributed by atoms with van der Waals surface area (Å²) in [5.74, 6) is -1.65. The Labute approximate surface area is 129 Å². The second-order valence-electron chi connectivity index (χ2n) is 4.37. The molecule has 0 aliphatic heterocycles. The summed E-state index contributed by atoms with van der Waals surface area (Å²) >= 11 is 4.86. The SMILES string of the molecule is CNC(C)c1ccc(Br)cc1Sc1ccc(F)c(F)c1. The molecule has 0 spiro atoms. The normalized spacial score (nSPS) is 12.4. The van der Waals surface area contributed by atoms with Crippen LogP contribution in [0.2, 0.25) is 0 Å². The van der Waals surface area contributed by atoms with Gasteiger partial charge in [-0.15, -0.1) is 0 Å². The predicted molar refractivity (Wildman–Crippen MR) is 82.1 cm³/mol. The Morgan fingerprint density at radius 3 is 2.50 bits per heavy atom. The molecule has 0 saturated heterocycles. The molecule has 0 aromatic heterocycles. The van der Waals surface area contributed by atoms with E-state index in [9.17, 15) is 8.78 Å². The average molecular weight is 358 g/mol. The Bertz CT molecular complexity index is 619. The number of hydrogen-bond acceptors (Lipinski definition) is 2. The van der Waals surface area contributed by atoms with Gasteiger partial charge in [0.1, 0.15) is 0 Å². The first-order chi connectivity index (χ1) is 9.51. The van der Waals surface area contributed by atoms with Crippen LogP contribution in [0, 0.1) is 11.6 Å². The first kappa shape index (κ1) is 15.5. The molecule has 2 aromatic rings. The molecule has 2 rings (SSSR count). The van der Waals surface area contributed by atoms with Gasteiger partial charge in [-0.1, -0.05) is 33.8 Å². The maximum absolute atomic E-state index is 13.3. The molecular formula is C15H14BrF2NS. The molecule has 1 atom stereocenters. The molecule has 0 amide bonds. The van der Waals surface area contributed by atoms with Crippen LogP contribution >= 0.6 is 27.7 Å². The third-order valence-electron chi connectivity index (χ3n) is 2.99. The van der Waals surface area contributed by atoms with Crippen molar-refractivity contribution in [3.05, 3.63) is 58.1 Å². The first-order valence-corrected chi connectivity index (χ1v) is 7.72. The van der Waals surface area contributed by atoms with Crippen LogP contribution in [0.4, 0.5) is 8.78 Å². The molecule has 0 bridgehead atoms. The summed E-state index contributed by atoms with van der Waals surface area (Å²) in [6, 6.07) is 10.1. The van der Waals surface area contributed by atoms with Crippen molar-refractivity contribution >= 4 is 27.7 Å². The lowest BCUT2D eigenvalue weighted by Gasteiger charge is -2.16. The Balaban J connectivity index is 2.36. The zero-order valence-corrected chi connectivity index (χ0v) is 13.5. The van der Waals surface area contributed by atoms with Gasteiger partial charge in [0.05, 0.1) is 0 Å². The number of nitrogens with one attached hydrogen (secondary N) is 1. The fraction of sp³-hybridized carbons (Fsp3) is 0.200. The van der Waals surface area contributed by atoms with E-state index in [4.69, 9.17) is 0 Å². The summed E-state index contributed by atoms with van der Waals surface area (Å²) in [6.45, 7) is 2.05. The second kappa shape index (κ2) is 6.70. The lowest BCUT2D eigenvalue weighted by molar-refractivity contribution is 0.506. The molecule has 0 saturated carbocycles. The van der Waals surface area contributed by atoms with Crippen LogP contribution < -0.4 is 5.32 Å². The zero-order valence-electron chi connectivity index (χ0n) is 11.1. The van der Waals surface area contributed by atoms with E-state index in [0.717, 1.165) is 21.0 Å². The molecule has 1 N–H and O–H groups in total. The molecule has 5 heteroatoms. The van der Waals surface area contributed by atoms with Crippen molar-refractivity contribution in [2.45, 2.75) is 22.8 Å². The minimum absolute atomic E-state index is 0.177. The molecule has 0 radical (unpaired) electrons. The number of halogens is 3. The number of rotatable bonds is 4. The van der Waals surface area contributed by atoms with E-state index >= 15 is 0 Å². The highest BCUT2D eigenvalue weighted by molar-refractivity contribution is 9.10. The Morgan fingerprint density at radius 2 is 1.85 bits per heavy atom. The summed E-state index contributed by atoms with van der Waals surface area (Å²) in [5, 5.41) is 3.18. The maximum Gasteiger partial charge on any atom is 0.159 e. The molecule has 0 aliphatic carbocycles. The van der Waals surface area contributed by atoms with E-state index in [1.807, 2.05) is 25.2 Å². The van der Waals surface area contributed by atoms with Gasteiger partial charge in [0.15, 0.2) is 11.6 Å². The van der Waals surface area contributed by atoms with Gasteiger partial charge in [0.25, 0.3) is 0 Å². The van der Waals surface area contributed by atoms with Crippen molar-refractivity contribution in [1.29, 1.82) is 0 Å². The highest BCUT2D eigenvalue weighted by Crippen LogP contribution is 2.35. The standard InChI is InChI=1S/C15H14BrF2NS/c1-9(19-2)12-5-3-10(16)7-15(12)20-11-4-6-13(17)14(18)8-11/h3-9,19H,1-2H3. The Morgan fingerprint density at radius 1 is 1.10 bits per heavy atom. The van der Waals surface area contributed by atoms with Crippen molar-refractivity contribution in [2.75, 3.05) is 7.05 Å². The van der Waals surface area contributed by atoms with E-state index in [1.54, 1.807) is 6.07 Å². The van der Waals surface area contributed by atoms with E-state index < -0.39 is 11.6 Å². The van der Waals surface area contributed by atoms with Gasteiger partial charge in [0, 0.05) is 20.3 Å². The van der Waals surface area contributed by atoms with Crippen LogP contribution in [0.1, 0.15) is 18.5 Å². The Kier molecular flexibility index (Phi) is 5.18. The molecule has 20 heavy (non-hydrogen) atoms. The van der Waals surface area contributed by atoms with Gasteiger partial charge in [0.2, 0.25) is 0 Å². The zero-order chi connectivity index (χ0) is 14.7. The molecule has 0 heterocycles. The van der Waals surface area contributed by atoms with Crippen molar-refractivity contribution in [1.82, 2.24) is 5.32 Å². The summed E-state index contributed by atoms with van der Waals surface area (Å²) < 4.78 is 27.2. The summed E-state index contributed by atoms with van der Waals surface area (Å²) in [7, 11) is 1.89. The Hall–Kier alpha value is -0.910. The minimum Gasteiger partial charge on any atom is -0.313 e. The van der Waals surface area contributed by atoms with E-state index in [-0.39, 0.29) is 6.04 Å². The van der Waals surface area contributed by atoms with Crippen molar-refractivity contribution < 1.29 is 8.78 Å². The quantitative estimate of drug-likeness (QED) is 0.810. The molecule has 0 fully saturated rings. The van der Waals surface area contributed by atoms with Gasteiger partial charge < -0.3 is 5.32 Å². The number of benzene rings is 2. The van der Waals surface area contributed by atoms with Crippen molar-refractivity contribution in [3.63, 3.8) is 0 Å². The topological polar surface area (TPSA) is 12.0 Å². The van der Waals surface area contributed by atoms with Crippen LogP contribution in [-0.2, 0) is 0 Å². The van der Waals surface area contributed by atoms with E-state index in [1.165, 1.54) is 17.8 Å². The average Bonchev–Trinajstić information content (AvgIpc) is 2.42. The van der Waals surface area contributed by atoms with Gasteiger partial charge in [-0.3, -0.25) is 0 Å². The van der Waals surface area contributed by atoms with Crippen LogP contribution in [0.15, 0.2) is 50.7 Å². The molecular weight excluding hydrogens is 344 g/mol. The van der Waals surface area contributed by atoms with Crippen LogP contribution in [0.25, 0.3) is 0 Å². The monoisotopic (exact) mass is 357 g/mol. The third kappa shape index (κ3) is 3.59. The molecule has 2 aromatic carbocycles. The van der Waals surface area contributed by atoms with Crippen molar-refractivity contribution in [3.8, 4) is 0 Å². The highest BCUT2D eigenvalue weighted by Gasteiger charge is 2.12. The summed E-state index contributed by atoms with van der Waals surface area (Å²) in [5.41, 5.74) is 1.12. The lowest BCUT2D eigenvalue weighted by Crippen LogP contribution is -2.13. The smallest absolute Gasteiger partial charge is 0.159 e. The summed E-state index contributed by atoms with van der Waals surface area (Å²) in [6.07, 6.45) is 0. The lowest BCUT2D eigenvalue weighted by atomic mass is 10.1. The fourth-order valence-electron chi connectivity index (χ4n) is 1.78. The molecule has 1 nitrogen and oxygen atoms in total. The van der Waals surface area contributed by atoms with E-state index in [2.05, 4.69) is 28.2 Å². The highest BCUT2D eigenvalue weighted by atomic mass is 79.9. The van der Waals surface area contributed by atoms with Gasteiger partial charge in [-0.2, -0.15) is 0 Å². The number of hydrogen-bond donors (Lipinski definition) is 1. The molecule has 1 unspecified atom stereocenters. The maximum atomic E-state index is 13.3. The predicted octanol–water partition coefficient (Wildman–Crippen LogP) is 5.16.